The minimum absolute atomic E-state index is 0.131. The largest absolute Gasteiger partial charge is 0.472 e. The second kappa shape index (κ2) is 7.95. The molecule has 0 spiro atoms. The molecule has 0 N–H and O–H groups in total. The number of ether oxygens (including phenoxy) is 1. The molecule has 7 nitrogen and oxygen atoms in total. The van der Waals surface area contributed by atoms with Gasteiger partial charge in [-0.3, -0.25) is 4.79 Å². The van der Waals surface area contributed by atoms with Crippen molar-refractivity contribution in [3.63, 3.8) is 0 Å². The number of nitrogens with zero attached hydrogens (tertiary/aromatic N) is 3. The Morgan fingerprint density at radius 3 is 2.59 bits per heavy atom. The van der Waals surface area contributed by atoms with Gasteiger partial charge in [0.2, 0.25) is 15.9 Å². The zero-order chi connectivity index (χ0) is 19.6. The fourth-order valence-corrected chi connectivity index (χ4v) is 4.04. The van der Waals surface area contributed by atoms with E-state index in [1.807, 2.05) is 12.1 Å². The maximum absolute atomic E-state index is 12.7. The highest BCUT2D eigenvalue weighted by Crippen LogP contribution is 2.25. The molecule has 0 aliphatic carbocycles. The highest BCUT2D eigenvalue weighted by atomic mass is 79.9. The molecule has 0 radical (unpaired) electrons. The summed E-state index contributed by atoms with van der Waals surface area (Å²) in [6, 6.07) is 9.66. The van der Waals surface area contributed by atoms with Gasteiger partial charge in [-0.2, -0.15) is 0 Å². The zero-order valence-corrected chi connectivity index (χ0v) is 17.4. The fraction of sp³-hybridized carbons (Fsp3) is 0.333. The third-order valence-corrected chi connectivity index (χ3v) is 6.75. The van der Waals surface area contributed by atoms with Crippen LogP contribution in [0.25, 0.3) is 0 Å². The molecule has 1 amide bonds. The first-order valence-electron chi connectivity index (χ1n) is 8.38. The van der Waals surface area contributed by atoms with Crippen LogP contribution in [0.15, 0.2) is 52.0 Å². The average molecular weight is 454 g/mol. The van der Waals surface area contributed by atoms with E-state index in [2.05, 4.69) is 20.9 Å². The molecule has 1 aliphatic heterocycles. The maximum atomic E-state index is 12.7. The molecule has 2 heterocycles. The van der Waals surface area contributed by atoms with Crippen LogP contribution >= 0.6 is 15.9 Å². The van der Waals surface area contributed by atoms with Crippen LogP contribution in [0.2, 0.25) is 0 Å². The number of hydrogen-bond donors (Lipinski definition) is 0. The number of carbonyl (C=O) groups excluding carboxylic acids is 1. The molecule has 9 heteroatoms. The highest BCUT2D eigenvalue weighted by molar-refractivity contribution is 9.10. The molecular weight excluding hydrogens is 434 g/mol. The van der Waals surface area contributed by atoms with Crippen LogP contribution in [-0.4, -0.2) is 61.8 Å². The first-order valence-corrected chi connectivity index (χ1v) is 10.6. The third kappa shape index (κ3) is 4.31. The molecule has 1 aromatic carbocycles. The Labute approximate surface area is 167 Å². The summed E-state index contributed by atoms with van der Waals surface area (Å²) in [5.41, 5.74) is 0.451. The SMILES string of the molecule is CN(C)S(=O)(=O)c1ccc(C(=O)N2CCC(Oc3ncccc3Br)C2)cc1. The van der Waals surface area contributed by atoms with Crippen molar-refractivity contribution in [2.24, 2.45) is 0 Å². The van der Waals surface area contributed by atoms with Gasteiger partial charge in [0.05, 0.1) is 15.9 Å². The topological polar surface area (TPSA) is 79.8 Å². The van der Waals surface area contributed by atoms with Gasteiger partial charge in [-0.15, -0.1) is 0 Å². The Hall–Kier alpha value is -1.97. The molecule has 1 aliphatic rings. The lowest BCUT2D eigenvalue weighted by atomic mass is 10.2. The van der Waals surface area contributed by atoms with Crippen molar-refractivity contribution in [1.82, 2.24) is 14.2 Å². The number of hydrogen-bond acceptors (Lipinski definition) is 5. The summed E-state index contributed by atoms with van der Waals surface area (Å²) >= 11 is 3.40. The van der Waals surface area contributed by atoms with Gasteiger partial charge in [-0.1, -0.05) is 0 Å². The summed E-state index contributed by atoms with van der Waals surface area (Å²) in [7, 11) is -0.567. The van der Waals surface area contributed by atoms with E-state index < -0.39 is 10.0 Å². The number of aromatic nitrogens is 1. The van der Waals surface area contributed by atoms with Crippen LogP contribution in [0, 0.1) is 0 Å². The number of amides is 1. The van der Waals surface area contributed by atoms with Crippen molar-refractivity contribution in [1.29, 1.82) is 0 Å². The summed E-state index contributed by atoms with van der Waals surface area (Å²) in [6.45, 7) is 1.03. The second-order valence-electron chi connectivity index (χ2n) is 6.38. The number of likely N-dealkylation sites (tertiary alicyclic amines) is 1. The number of carbonyl (C=O) groups is 1. The van der Waals surface area contributed by atoms with Crippen molar-refractivity contribution in [2.45, 2.75) is 17.4 Å². The normalized spacial score (nSPS) is 17.3. The lowest BCUT2D eigenvalue weighted by Crippen LogP contribution is -2.31. The van der Waals surface area contributed by atoms with Crippen LogP contribution in [0.4, 0.5) is 0 Å². The van der Waals surface area contributed by atoms with Gasteiger partial charge < -0.3 is 9.64 Å². The minimum atomic E-state index is -3.51. The maximum Gasteiger partial charge on any atom is 0.253 e. The van der Waals surface area contributed by atoms with Crippen LogP contribution in [0.1, 0.15) is 16.8 Å². The van der Waals surface area contributed by atoms with E-state index in [-0.39, 0.29) is 16.9 Å². The van der Waals surface area contributed by atoms with E-state index >= 15 is 0 Å². The van der Waals surface area contributed by atoms with E-state index in [9.17, 15) is 13.2 Å². The van der Waals surface area contributed by atoms with Crippen molar-refractivity contribution in [3.8, 4) is 5.88 Å². The van der Waals surface area contributed by atoms with E-state index in [4.69, 9.17) is 4.74 Å². The van der Waals surface area contributed by atoms with Crippen molar-refractivity contribution in [3.05, 3.63) is 52.6 Å². The molecule has 2 aromatic rings. The van der Waals surface area contributed by atoms with Gasteiger partial charge in [0.25, 0.3) is 5.91 Å². The molecular formula is C18H20BrN3O4S. The number of halogens is 1. The van der Waals surface area contributed by atoms with Crippen molar-refractivity contribution in [2.75, 3.05) is 27.2 Å². The Morgan fingerprint density at radius 1 is 1.26 bits per heavy atom. The predicted molar refractivity (Wildman–Crippen MR) is 104 cm³/mol. The van der Waals surface area contributed by atoms with Gasteiger partial charge in [-0.25, -0.2) is 17.7 Å². The fourth-order valence-electron chi connectivity index (χ4n) is 2.79. The third-order valence-electron chi connectivity index (χ3n) is 4.32. The molecule has 1 unspecified atom stereocenters. The summed E-state index contributed by atoms with van der Waals surface area (Å²) in [4.78, 5) is 18.7. The van der Waals surface area contributed by atoms with Crippen LogP contribution < -0.4 is 4.74 Å². The van der Waals surface area contributed by atoms with Gasteiger partial charge in [-0.05, 0) is 52.3 Å². The van der Waals surface area contributed by atoms with Crippen molar-refractivity contribution >= 4 is 31.9 Å². The van der Waals surface area contributed by atoms with Gasteiger partial charge >= 0.3 is 0 Å². The smallest absolute Gasteiger partial charge is 0.253 e. The molecule has 144 valence electrons. The number of benzene rings is 1. The molecule has 0 saturated carbocycles. The molecule has 1 saturated heterocycles. The van der Waals surface area contributed by atoms with E-state index in [1.54, 1.807) is 23.2 Å². The lowest BCUT2D eigenvalue weighted by Gasteiger charge is -2.18. The quantitative estimate of drug-likeness (QED) is 0.694. The molecule has 1 fully saturated rings. The molecule has 1 aromatic heterocycles. The van der Waals surface area contributed by atoms with E-state index in [1.165, 1.54) is 26.2 Å². The van der Waals surface area contributed by atoms with Crippen LogP contribution in [0.5, 0.6) is 5.88 Å². The Bertz CT molecular complexity index is 932. The van der Waals surface area contributed by atoms with Crippen LogP contribution in [-0.2, 0) is 10.0 Å². The molecule has 3 rings (SSSR count). The summed E-state index contributed by atoms with van der Waals surface area (Å²) in [5, 5.41) is 0. The minimum Gasteiger partial charge on any atom is -0.472 e. The van der Waals surface area contributed by atoms with Gasteiger partial charge in [0.1, 0.15) is 6.10 Å². The van der Waals surface area contributed by atoms with Gasteiger partial charge in [0.15, 0.2) is 0 Å². The van der Waals surface area contributed by atoms with Crippen LogP contribution in [0.3, 0.4) is 0 Å². The number of rotatable bonds is 5. The number of sulfonamides is 1. The van der Waals surface area contributed by atoms with Gasteiger partial charge in [0, 0.05) is 38.8 Å². The van der Waals surface area contributed by atoms with E-state index in [0.29, 0.717) is 31.0 Å². The predicted octanol–water partition coefficient (Wildman–Crippen LogP) is 2.39. The van der Waals surface area contributed by atoms with E-state index in [0.717, 1.165) is 8.78 Å². The second-order valence-corrected chi connectivity index (χ2v) is 9.39. The standard InChI is InChI=1S/C18H20BrN3O4S/c1-21(2)27(24,25)15-7-5-13(6-8-15)18(23)22-11-9-14(12-22)26-17-16(19)4-3-10-20-17/h3-8,10,14H,9,11-12H2,1-2H3. The molecule has 1 atom stereocenters. The summed E-state index contributed by atoms with van der Waals surface area (Å²) < 4.78 is 32.0. The highest BCUT2D eigenvalue weighted by Gasteiger charge is 2.29. The summed E-state index contributed by atoms with van der Waals surface area (Å²) in [5.74, 6) is 0.366. The Balaban J connectivity index is 1.66. The monoisotopic (exact) mass is 453 g/mol. The first-order chi connectivity index (χ1) is 12.8. The lowest BCUT2D eigenvalue weighted by molar-refractivity contribution is 0.0771. The Morgan fingerprint density at radius 2 is 1.96 bits per heavy atom. The molecule has 0 bridgehead atoms. The average Bonchev–Trinajstić information content (AvgIpc) is 3.11. The van der Waals surface area contributed by atoms with Crippen molar-refractivity contribution < 1.29 is 17.9 Å². The summed E-state index contributed by atoms with van der Waals surface area (Å²) in [6.07, 6.45) is 2.23. The number of pyridine rings is 1. The zero-order valence-electron chi connectivity index (χ0n) is 15.0. The molecule has 27 heavy (non-hydrogen) atoms. The Kier molecular flexibility index (Phi) is 5.83. The first kappa shape index (κ1) is 19.8.